The minimum atomic E-state index is -1.56. The third kappa shape index (κ3) is 30.1. The Kier molecular flexibility index (Phi) is 36.4. The second kappa shape index (κ2) is 39.5. The molecule has 9 heteroatoms. The molecule has 0 saturated carbocycles. The third-order valence-corrected chi connectivity index (χ3v) is 10.5. The predicted molar refractivity (Wildman–Crippen MR) is 244 cm³/mol. The number of unbranched alkanes of at least 4 members (excludes halogenated alkanes) is 13. The quantitative estimate of drug-likeness (QED) is 0.0268. The molecule has 7 unspecified atom stereocenters. The lowest BCUT2D eigenvalue weighted by Gasteiger charge is -2.40. The Morgan fingerprint density at radius 3 is 1.54 bits per heavy atom. The zero-order valence-electron chi connectivity index (χ0n) is 37.0. The number of hydrogen-bond acceptors (Lipinski definition) is 8. The van der Waals surface area contributed by atoms with Gasteiger partial charge in [-0.1, -0.05) is 176 Å². The van der Waals surface area contributed by atoms with Gasteiger partial charge in [0.05, 0.1) is 25.4 Å². The molecule has 0 aromatic carbocycles. The molecule has 0 aliphatic carbocycles. The molecule has 7 atom stereocenters. The van der Waals surface area contributed by atoms with E-state index in [1.807, 2.05) is 0 Å². The Morgan fingerprint density at radius 1 is 0.593 bits per heavy atom. The maximum Gasteiger partial charge on any atom is 0.220 e. The van der Waals surface area contributed by atoms with Gasteiger partial charge in [0.25, 0.3) is 0 Å². The highest BCUT2D eigenvalue weighted by Crippen LogP contribution is 2.23. The fourth-order valence-corrected chi connectivity index (χ4v) is 6.79. The van der Waals surface area contributed by atoms with Crippen molar-refractivity contribution in [1.29, 1.82) is 0 Å². The molecule has 1 saturated heterocycles. The first-order chi connectivity index (χ1) is 28.8. The van der Waals surface area contributed by atoms with Gasteiger partial charge in [0, 0.05) is 6.42 Å². The minimum Gasteiger partial charge on any atom is -0.394 e. The molecule has 0 bridgehead atoms. The number of aliphatic hydroxyl groups excluding tert-OH is 5. The minimum absolute atomic E-state index is 0.158. The average Bonchev–Trinajstić information content (AvgIpc) is 3.23. The van der Waals surface area contributed by atoms with E-state index in [0.29, 0.717) is 12.8 Å². The highest BCUT2D eigenvalue weighted by Gasteiger charge is 2.44. The summed E-state index contributed by atoms with van der Waals surface area (Å²) in [4.78, 5) is 13.0. The van der Waals surface area contributed by atoms with E-state index in [0.717, 1.165) is 89.9 Å². The van der Waals surface area contributed by atoms with Crippen LogP contribution < -0.4 is 5.32 Å². The van der Waals surface area contributed by atoms with E-state index >= 15 is 0 Å². The number of ether oxygens (including phenoxy) is 2. The van der Waals surface area contributed by atoms with Crippen molar-refractivity contribution >= 4 is 5.91 Å². The van der Waals surface area contributed by atoms with Gasteiger partial charge in [0.2, 0.25) is 5.91 Å². The predicted octanol–water partition coefficient (Wildman–Crippen LogP) is 9.94. The van der Waals surface area contributed by atoms with Crippen LogP contribution in [0, 0.1) is 0 Å². The molecule has 1 aliphatic rings. The number of rotatable bonds is 37. The molecular formula is C50H85NO8. The second-order valence-electron chi connectivity index (χ2n) is 15.8. The van der Waals surface area contributed by atoms with Crippen molar-refractivity contribution < 1.29 is 39.8 Å². The van der Waals surface area contributed by atoms with E-state index in [1.165, 1.54) is 51.4 Å². The van der Waals surface area contributed by atoms with Gasteiger partial charge < -0.3 is 40.3 Å². The van der Waals surface area contributed by atoms with E-state index < -0.39 is 49.5 Å². The molecule has 59 heavy (non-hydrogen) atoms. The summed E-state index contributed by atoms with van der Waals surface area (Å²) in [5.74, 6) is -0.182. The van der Waals surface area contributed by atoms with Gasteiger partial charge in [-0.05, 0) is 70.6 Å². The average molecular weight is 828 g/mol. The molecule has 1 aliphatic heterocycles. The van der Waals surface area contributed by atoms with Gasteiger partial charge in [0.1, 0.15) is 24.4 Å². The molecule has 1 heterocycles. The van der Waals surface area contributed by atoms with Crippen LogP contribution in [0.2, 0.25) is 0 Å². The van der Waals surface area contributed by atoms with Crippen molar-refractivity contribution in [2.24, 2.45) is 0 Å². The smallest absolute Gasteiger partial charge is 0.220 e. The second-order valence-corrected chi connectivity index (χ2v) is 15.8. The molecule has 6 N–H and O–H groups in total. The third-order valence-electron chi connectivity index (χ3n) is 10.5. The van der Waals surface area contributed by atoms with Crippen LogP contribution in [0.15, 0.2) is 85.1 Å². The highest BCUT2D eigenvalue weighted by atomic mass is 16.7. The van der Waals surface area contributed by atoms with Crippen molar-refractivity contribution in [2.75, 3.05) is 13.2 Å². The van der Waals surface area contributed by atoms with Crippen LogP contribution in [0.1, 0.15) is 168 Å². The van der Waals surface area contributed by atoms with E-state index in [9.17, 15) is 30.3 Å². The Balaban J connectivity index is 2.32. The standard InChI is InChI=1S/C50H85NO8/c1-3-5-7-9-11-13-15-16-17-18-19-20-21-22-23-24-25-26-27-28-30-32-34-36-38-40-46(54)51-43(42-58-50-49(57)48(56)47(55)45(41-52)59-50)44(53)39-37-35-33-31-29-14-12-10-8-6-4-2/h5,7,11,13,16-17,19-20,22-23,25-26,28,30,43-45,47-50,52-53,55-57H,3-4,6,8-10,12,14-15,18,21,24,27,29,31-42H2,1-2H3,(H,51,54)/b7-5-,13-11-,17-16-,20-19-,23-22-,26-25-,30-28-. The zero-order valence-corrected chi connectivity index (χ0v) is 37.0. The zero-order chi connectivity index (χ0) is 43.0. The number of carbonyl (C=O) groups is 1. The number of allylic oxidation sites excluding steroid dienone is 14. The van der Waals surface area contributed by atoms with Crippen molar-refractivity contribution in [3.63, 3.8) is 0 Å². The summed E-state index contributed by atoms with van der Waals surface area (Å²) in [7, 11) is 0. The Morgan fingerprint density at radius 2 is 1.05 bits per heavy atom. The van der Waals surface area contributed by atoms with E-state index in [-0.39, 0.29) is 12.5 Å². The number of hydrogen-bond donors (Lipinski definition) is 6. The van der Waals surface area contributed by atoms with Crippen LogP contribution >= 0.6 is 0 Å². The monoisotopic (exact) mass is 828 g/mol. The lowest BCUT2D eigenvalue weighted by molar-refractivity contribution is -0.302. The first-order valence-electron chi connectivity index (χ1n) is 23.3. The van der Waals surface area contributed by atoms with Gasteiger partial charge in [-0.2, -0.15) is 0 Å². The first-order valence-corrected chi connectivity index (χ1v) is 23.3. The SMILES string of the molecule is CC/C=C\C/C=C\C/C=C\C/C=C\C/C=C\C/C=C\C/C=C\CCCCCC(=O)NC(COC1OC(CO)C(O)C(O)C1O)C(O)CCCCCCCCCCCCC. The normalized spacial score (nSPS) is 21.5. The lowest BCUT2D eigenvalue weighted by Crippen LogP contribution is -2.60. The summed E-state index contributed by atoms with van der Waals surface area (Å²) in [5, 5.41) is 54.2. The fraction of sp³-hybridized carbons (Fsp3) is 0.700. The summed E-state index contributed by atoms with van der Waals surface area (Å²) < 4.78 is 11.2. The molecular weight excluding hydrogens is 743 g/mol. The molecule has 1 amide bonds. The van der Waals surface area contributed by atoms with Crippen molar-refractivity contribution in [3.8, 4) is 0 Å². The van der Waals surface area contributed by atoms with Crippen LogP contribution in [0.4, 0.5) is 0 Å². The number of amides is 1. The van der Waals surface area contributed by atoms with Crippen LogP contribution in [0.5, 0.6) is 0 Å². The number of carbonyl (C=O) groups excluding carboxylic acids is 1. The van der Waals surface area contributed by atoms with E-state index in [2.05, 4.69) is 104 Å². The maximum atomic E-state index is 13.0. The summed E-state index contributed by atoms with van der Waals surface area (Å²) in [6.07, 6.45) is 47.3. The van der Waals surface area contributed by atoms with Gasteiger partial charge >= 0.3 is 0 Å². The van der Waals surface area contributed by atoms with Crippen molar-refractivity contribution in [1.82, 2.24) is 5.32 Å². The summed E-state index contributed by atoms with van der Waals surface area (Å²) in [6, 6.07) is -0.741. The van der Waals surface area contributed by atoms with Crippen LogP contribution in [0.25, 0.3) is 0 Å². The Labute approximate surface area is 359 Å². The molecule has 338 valence electrons. The van der Waals surface area contributed by atoms with Crippen molar-refractivity contribution in [3.05, 3.63) is 85.1 Å². The number of aliphatic hydroxyl groups is 5. The van der Waals surface area contributed by atoms with Gasteiger partial charge in [-0.3, -0.25) is 4.79 Å². The lowest BCUT2D eigenvalue weighted by atomic mass is 9.99. The molecule has 0 radical (unpaired) electrons. The molecule has 0 aromatic heterocycles. The maximum absolute atomic E-state index is 13.0. The topological polar surface area (TPSA) is 149 Å². The Hall–Kier alpha value is -2.63. The van der Waals surface area contributed by atoms with Crippen molar-refractivity contribution in [2.45, 2.75) is 211 Å². The summed E-state index contributed by atoms with van der Waals surface area (Å²) >= 11 is 0. The fourth-order valence-electron chi connectivity index (χ4n) is 6.79. The van der Waals surface area contributed by atoms with Gasteiger partial charge in [-0.25, -0.2) is 0 Å². The molecule has 1 fully saturated rings. The molecule has 0 aromatic rings. The first kappa shape index (κ1) is 54.4. The molecule has 9 nitrogen and oxygen atoms in total. The summed E-state index contributed by atoms with van der Waals surface area (Å²) in [5.41, 5.74) is 0. The van der Waals surface area contributed by atoms with Crippen LogP contribution in [-0.4, -0.2) is 87.5 Å². The molecule has 0 spiro atoms. The van der Waals surface area contributed by atoms with Gasteiger partial charge in [0.15, 0.2) is 6.29 Å². The number of nitrogens with one attached hydrogen (secondary N) is 1. The van der Waals surface area contributed by atoms with Crippen LogP contribution in [0.3, 0.4) is 0 Å². The Bertz CT molecular complexity index is 1190. The highest BCUT2D eigenvalue weighted by molar-refractivity contribution is 5.76. The van der Waals surface area contributed by atoms with Gasteiger partial charge in [-0.15, -0.1) is 0 Å². The van der Waals surface area contributed by atoms with E-state index in [4.69, 9.17) is 9.47 Å². The van der Waals surface area contributed by atoms with E-state index in [1.54, 1.807) is 0 Å². The van der Waals surface area contributed by atoms with Crippen LogP contribution in [-0.2, 0) is 14.3 Å². The largest absolute Gasteiger partial charge is 0.394 e. The molecule has 1 rings (SSSR count). The summed E-state index contributed by atoms with van der Waals surface area (Å²) in [6.45, 7) is 3.66.